The summed E-state index contributed by atoms with van der Waals surface area (Å²) in [7, 11) is 0. The maximum atomic E-state index is 12.8. The lowest BCUT2D eigenvalue weighted by Gasteiger charge is -2.20. The van der Waals surface area contributed by atoms with Crippen molar-refractivity contribution in [3.63, 3.8) is 0 Å². The fraction of sp³-hybridized carbons (Fsp3) is 0.444. The molecule has 0 spiro atoms. The van der Waals surface area contributed by atoms with Crippen molar-refractivity contribution in [3.05, 3.63) is 41.7 Å². The Morgan fingerprint density at radius 3 is 2.78 bits per heavy atom. The number of amides is 2. The Labute approximate surface area is 136 Å². The summed E-state index contributed by atoms with van der Waals surface area (Å²) in [6, 6.07) is 5.94. The molecule has 1 saturated heterocycles. The first-order valence-electron chi connectivity index (χ1n) is 8.14. The van der Waals surface area contributed by atoms with Gasteiger partial charge in [-0.05, 0) is 43.0 Å². The van der Waals surface area contributed by atoms with Crippen molar-refractivity contribution in [2.24, 2.45) is 0 Å². The molecule has 1 aromatic carbocycles. The molecule has 1 aromatic rings. The largest absolute Gasteiger partial charge is 0.352 e. The summed E-state index contributed by atoms with van der Waals surface area (Å²) in [5.74, 6) is -0.254. The summed E-state index contributed by atoms with van der Waals surface area (Å²) in [5.41, 5.74) is 0.775. The van der Waals surface area contributed by atoms with E-state index in [4.69, 9.17) is 0 Å². The lowest BCUT2D eigenvalue weighted by molar-refractivity contribution is -0.130. The third kappa shape index (κ3) is 6.22. The molecule has 0 bridgehead atoms. The van der Waals surface area contributed by atoms with Crippen LogP contribution in [0.1, 0.15) is 37.7 Å². The molecule has 0 aliphatic carbocycles. The second-order valence-corrected chi connectivity index (χ2v) is 5.72. The molecule has 0 unspecified atom stereocenters. The minimum Gasteiger partial charge on any atom is -0.352 e. The summed E-state index contributed by atoms with van der Waals surface area (Å²) in [4.78, 5) is 25.4. The van der Waals surface area contributed by atoms with E-state index in [1.807, 2.05) is 4.90 Å². The summed E-state index contributed by atoms with van der Waals surface area (Å²) < 4.78 is 12.8. The third-order valence-electron chi connectivity index (χ3n) is 3.87. The Bertz CT molecular complexity index is 555. The highest BCUT2D eigenvalue weighted by Gasteiger charge is 2.15. The first-order valence-corrected chi connectivity index (χ1v) is 8.14. The van der Waals surface area contributed by atoms with Crippen molar-refractivity contribution >= 4 is 17.9 Å². The van der Waals surface area contributed by atoms with E-state index in [9.17, 15) is 14.0 Å². The molecule has 1 aliphatic heterocycles. The number of hydrogen-bond acceptors (Lipinski definition) is 2. The van der Waals surface area contributed by atoms with Crippen LogP contribution < -0.4 is 5.32 Å². The Balaban J connectivity index is 1.66. The van der Waals surface area contributed by atoms with Crippen LogP contribution in [-0.2, 0) is 9.59 Å². The average molecular weight is 318 g/mol. The van der Waals surface area contributed by atoms with E-state index in [1.54, 1.807) is 18.2 Å². The van der Waals surface area contributed by atoms with E-state index in [2.05, 4.69) is 5.32 Å². The van der Waals surface area contributed by atoms with Crippen LogP contribution in [0.15, 0.2) is 30.3 Å². The highest BCUT2D eigenvalue weighted by atomic mass is 19.1. The molecule has 0 radical (unpaired) electrons. The van der Waals surface area contributed by atoms with Crippen molar-refractivity contribution < 1.29 is 14.0 Å². The third-order valence-corrected chi connectivity index (χ3v) is 3.87. The van der Waals surface area contributed by atoms with Gasteiger partial charge in [0.2, 0.25) is 11.8 Å². The Morgan fingerprint density at radius 1 is 1.22 bits per heavy atom. The van der Waals surface area contributed by atoms with Gasteiger partial charge >= 0.3 is 0 Å². The Kier molecular flexibility index (Phi) is 6.78. The molecule has 0 saturated carbocycles. The number of carbonyl (C=O) groups is 2. The Morgan fingerprint density at radius 2 is 2.00 bits per heavy atom. The van der Waals surface area contributed by atoms with Crippen LogP contribution in [-0.4, -0.2) is 36.3 Å². The summed E-state index contributed by atoms with van der Waals surface area (Å²) in [6.45, 7) is 2.06. The summed E-state index contributed by atoms with van der Waals surface area (Å²) >= 11 is 0. The summed E-state index contributed by atoms with van der Waals surface area (Å²) in [5, 5.41) is 2.80. The standard InChI is InChI=1S/C18H23FN2O2/c19-16-9-6-15(7-10-16)8-11-17(22)20-12-4-14-21-13-3-1-2-5-18(21)23/h6-11H,1-5,12-14H2,(H,20,22)/b11-8+. The number of nitrogens with one attached hydrogen (secondary N) is 1. The van der Waals surface area contributed by atoms with Crippen molar-refractivity contribution in [3.8, 4) is 0 Å². The topological polar surface area (TPSA) is 49.4 Å². The molecular formula is C18H23FN2O2. The number of likely N-dealkylation sites (tertiary alicyclic amines) is 1. The van der Waals surface area contributed by atoms with E-state index >= 15 is 0 Å². The second kappa shape index (κ2) is 9.08. The van der Waals surface area contributed by atoms with Gasteiger partial charge < -0.3 is 10.2 Å². The quantitative estimate of drug-likeness (QED) is 0.648. The van der Waals surface area contributed by atoms with Crippen molar-refractivity contribution in [2.45, 2.75) is 32.1 Å². The number of benzene rings is 1. The normalized spacial score (nSPS) is 15.7. The van der Waals surface area contributed by atoms with E-state index in [0.29, 0.717) is 19.5 Å². The van der Waals surface area contributed by atoms with Crippen LogP contribution in [0, 0.1) is 5.82 Å². The molecule has 1 aliphatic rings. The zero-order chi connectivity index (χ0) is 16.5. The lowest BCUT2D eigenvalue weighted by Crippen LogP contribution is -2.33. The highest BCUT2D eigenvalue weighted by molar-refractivity contribution is 5.91. The first-order chi connectivity index (χ1) is 11.1. The highest BCUT2D eigenvalue weighted by Crippen LogP contribution is 2.11. The molecule has 4 nitrogen and oxygen atoms in total. The molecule has 1 fully saturated rings. The van der Waals surface area contributed by atoms with Gasteiger partial charge in [0.25, 0.3) is 0 Å². The minimum atomic E-state index is -0.297. The smallest absolute Gasteiger partial charge is 0.244 e. The number of nitrogens with zero attached hydrogens (tertiary/aromatic N) is 1. The molecule has 1 N–H and O–H groups in total. The first kappa shape index (κ1) is 17.2. The van der Waals surface area contributed by atoms with E-state index in [0.717, 1.165) is 37.8 Å². The van der Waals surface area contributed by atoms with Crippen molar-refractivity contribution in [2.75, 3.05) is 19.6 Å². The lowest BCUT2D eigenvalue weighted by atomic mass is 10.2. The molecular weight excluding hydrogens is 295 g/mol. The SMILES string of the molecule is O=C(/C=C/c1ccc(F)cc1)NCCCN1CCCCCC1=O. The molecule has 1 heterocycles. The van der Waals surface area contributed by atoms with Crippen molar-refractivity contribution in [1.82, 2.24) is 10.2 Å². The van der Waals surface area contributed by atoms with Gasteiger partial charge in [0.1, 0.15) is 5.82 Å². The van der Waals surface area contributed by atoms with Gasteiger partial charge in [-0.1, -0.05) is 18.6 Å². The fourth-order valence-electron chi connectivity index (χ4n) is 2.56. The maximum absolute atomic E-state index is 12.8. The van der Waals surface area contributed by atoms with Crippen LogP contribution in [0.5, 0.6) is 0 Å². The maximum Gasteiger partial charge on any atom is 0.244 e. The minimum absolute atomic E-state index is 0.184. The van der Waals surface area contributed by atoms with Gasteiger partial charge in [-0.3, -0.25) is 9.59 Å². The van der Waals surface area contributed by atoms with Crippen molar-refractivity contribution in [1.29, 1.82) is 0 Å². The van der Waals surface area contributed by atoms with Crippen LogP contribution in [0.2, 0.25) is 0 Å². The van der Waals surface area contributed by atoms with Gasteiger partial charge in [0.05, 0.1) is 0 Å². The van der Waals surface area contributed by atoms with Crippen LogP contribution >= 0.6 is 0 Å². The zero-order valence-electron chi connectivity index (χ0n) is 13.3. The Hall–Kier alpha value is -2.17. The molecule has 0 atom stereocenters. The number of hydrogen-bond donors (Lipinski definition) is 1. The number of carbonyl (C=O) groups excluding carboxylic acids is 2. The van der Waals surface area contributed by atoms with Gasteiger partial charge in [-0.15, -0.1) is 0 Å². The molecule has 2 rings (SSSR count). The van der Waals surface area contributed by atoms with Gasteiger partial charge in [-0.2, -0.15) is 0 Å². The van der Waals surface area contributed by atoms with E-state index in [-0.39, 0.29) is 17.6 Å². The zero-order valence-corrected chi connectivity index (χ0v) is 13.3. The molecule has 23 heavy (non-hydrogen) atoms. The van der Waals surface area contributed by atoms with Gasteiger partial charge in [0, 0.05) is 32.1 Å². The molecule has 2 amide bonds. The average Bonchev–Trinajstić information content (AvgIpc) is 2.75. The van der Waals surface area contributed by atoms with Crippen LogP contribution in [0.4, 0.5) is 4.39 Å². The van der Waals surface area contributed by atoms with Crippen LogP contribution in [0.3, 0.4) is 0 Å². The molecule has 0 aromatic heterocycles. The van der Waals surface area contributed by atoms with E-state index < -0.39 is 0 Å². The fourth-order valence-corrected chi connectivity index (χ4v) is 2.56. The molecule has 5 heteroatoms. The van der Waals surface area contributed by atoms with Gasteiger partial charge in [0.15, 0.2) is 0 Å². The molecule has 124 valence electrons. The van der Waals surface area contributed by atoms with E-state index in [1.165, 1.54) is 18.2 Å². The monoisotopic (exact) mass is 318 g/mol. The summed E-state index contributed by atoms with van der Waals surface area (Å²) in [6.07, 6.45) is 7.65. The van der Waals surface area contributed by atoms with Gasteiger partial charge in [-0.25, -0.2) is 4.39 Å². The predicted octanol–water partition coefficient (Wildman–Crippen LogP) is 2.75. The second-order valence-electron chi connectivity index (χ2n) is 5.72. The number of halogens is 1. The number of rotatable bonds is 6. The predicted molar refractivity (Wildman–Crippen MR) is 88.1 cm³/mol. The van der Waals surface area contributed by atoms with Crippen LogP contribution in [0.25, 0.3) is 6.08 Å².